The molecule has 0 fully saturated rings. The van der Waals surface area contributed by atoms with Gasteiger partial charge in [0.2, 0.25) is 0 Å². The molecule has 100 valence electrons. The highest BCUT2D eigenvalue weighted by Gasteiger charge is 2.06. The molecule has 0 aliphatic heterocycles. The van der Waals surface area contributed by atoms with Crippen molar-refractivity contribution in [3.05, 3.63) is 80.1 Å². The third kappa shape index (κ3) is 2.51. The number of hydrogen-bond donors (Lipinski definition) is 0. The monoisotopic (exact) mass is 347 g/mol. The summed E-state index contributed by atoms with van der Waals surface area (Å²) in [5.74, 6) is 0. The SMILES string of the molecule is O=c1c2ccccc2ccn1Cc1ccc(Br)cc1Cl. The van der Waals surface area contributed by atoms with Crippen molar-refractivity contribution in [2.75, 3.05) is 0 Å². The molecule has 0 spiro atoms. The predicted molar refractivity (Wildman–Crippen MR) is 86.5 cm³/mol. The van der Waals surface area contributed by atoms with Crippen LogP contribution >= 0.6 is 27.5 Å². The minimum atomic E-state index is 0.00193. The number of nitrogens with zero attached hydrogens (tertiary/aromatic N) is 1. The number of pyridine rings is 1. The van der Waals surface area contributed by atoms with E-state index in [0.717, 1.165) is 20.8 Å². The van der Waals surface area contributed by atoms with Crippen LogP contribution in [0.1, 0.15) is 5.56 Å². The van der Waals surface area contributed by atoms with Crippen LogP contribution in [0, 0.1) is 0 Å². The fraction of sp³-hybridized carbons (Fsp3) is 0.0625. The lowest BCUT2D eigenvalue weighted by Gasteiger charge is -2.09. The summed E-state index contributed by atoms with van der Waals surface area (Å²) >= 11 is 9.58. The summed E-state index contributed by atoms with van der Waals surface area (Å²) < 4.78 is 2.61. The molecule has 2 nitrogen and oxygen atoms in total. The molecule has 0 atom stereocenters. The second-order valence-corrected chi connectivity index (χ2v) is 5.89. The van der Waals surface area contributed by atoms with Crippen LogP contribution in [0.3, 0.4) is 0 Å². The number of hydrogen-bond acceptors (Lipinski definition) is 1. The number of rotatable bonds is 2. The van der Waals surface area contributed by atoms with Crippen molar-refractivity contribution in [2.24, 2.45) is 0 Å². The molecule has 0 radical (unpaired) electrons. The summed E-state index contributed by atoms with van der Waals surface area (Å²) in [5.41, 5.74) is 0.925. The highest BCUT2D eigenvalue weighted by Crippen LogP contribution is 2.22. The van der Waals surface area contributed by atoms with Crippen molar-refractivity contribution >= 4 is 38.3 Å². The first-order valence-electron chi connectivity index (χ1n) is 6.17. The van der Waals surface area contributed by atoms with Gasteiger partial charge in [-0.1, -0.05) is 51.8 Å². The van der Waals surface area contributed by atoms with Crippen LogP contribution in [0.4, 0.5) is 0 Å². The normalized spacial score (nSPS) is 10.9. The maximum atomic E-state index is 12.4. The molecule has 1 aromatic heterocycles. The van der Waals surface area contributed by atoms with Crippen molar-refractivity contribution in [1.29, 1.82) is 0 Å². The van der Waals surface area contributed by atoms with Crippen LogP contribution in [-0.2, 0) is 6.54 Å². The minimum Gasteiger partial charge on any atom is -0.311 e. The first kappa shape index (κ1) is 13.4. The predicted octanol–water partition coefficient (Wildman–Crippen LogP) is 4.47. The third-order valence-electron chi connectivity index (χ3n) is 3.24. The van der Waals surface area contributed by atoms with Gasteiger partial charge >= 0.3 is 0 Å². The van der Waals surface area contributed by atoms with Crippen LogP contribution in [0.5, 0.6) is 0 Å². The summed E-state index contributed by atoms with van der Waals surface area (Å²) in [6.45, 7) is 0.468. The molecule has 2 aromatic carbocycles. The highest BCUT2D eigenvalue weighted by atomic mass is 79.9. The van der Waals surface area contributed by atoms with E-state index in [9.17, 15) is 4.79 Å². The van der Waals surface area contributed by atoms with Gasteiger partial charge in [-0.05, 0) is 35.2 Å². The molecule has 0 aliphatic rings. The second-order valence-electron chi connectivity index (χ2n) is 4.57. The van der Waals surface area contributed by atoms with Gasteiger partial charge in [0.1, 0.15) is 0 Å². The maximum absolute atomic E-state index is 12.4. The Bertz CT molecular complexity index is 841. The smallest absolute Gasteiger partial charge is 0.258 e. The fourth-order valence-corrected chi connectivity index (χ4v) is 2.92. The van der Waals surface area contributed by atoms with Gasteiger partial charge in [0.25, 0.3) is 5.56 Å². The van der Waals surface area contributed by atoms with E-state index in [2.05, 4.69) is 15.9 Å². The maximum Gasteiger partial charge on any atom is 0.258 e. The Morgan fingerprint density at radius 2 is 1.90 bits per heavy atom. The van der Waals surface area contributed by atoms with E-state index in [4.69, 9.17) is 11.6 Å². The molecule has 0 aliphatic carbocycles. The lowest BCUT2D eigenvalue weighted by Crippen LogP contribution is -2.20. The molecule has 0 saturated carbocycles. The second kappa shape index (κ2) is 5.43. The lowest BCUT2D eigenvalue weighted by molar-refractivity contribution is 0.768. The van der Waals surface area contributed by atoms with E-state index in [1.165, 1.54) is 0 Å². The zero-order chi connectivity index (χ0) is 14.1. The molecule has 0 N–H and O–H groups in total. The fourth-order valence-electron chi connectivity index (χ4n) is 2.19. The topological polar surface area (TPSA) is 22.0 Å². The molecule has 1 heterocycles. The van der Waals surface area contributed by atoms with E-state index in [0.29, 0.717) is 11.6 Å². The molecule has 0 bridgehead atoms. The van der Waals surface area contributed by atoms with Gasteiger partial charge in [0.15, 0.2) is 0 Å². The molecule has 0 saturated heterocycles. The molecule has 0 unspecified atom stereocenters. The summed E-state index contributed by atoms with van der Waals surface area (Å²) in [7, 11) is 0. The van der Waals surface area contributed by atoms with Crippen molar-refractivity contribution < 1.29 is 0 Å². The van der Waals surface area contributed by atoms with Crippen molar-refractivity contribution in [3.63, 3.8) is 0 Å². The molecule has 4 heteroatoms. The summed E-state index contributed by atoms with van der Waals surface area (Å²) in [6.07, 6.45) is 1.81. The largest absolute Gasteiger partial charge is 0.311 e. The molecule has 0 amide bonds. The van der Waals surface area contributed by atoms with Crippen molar-refractivity contribution in [2.45, 2.75) is 6.54 Å². The van der Waals surface area contributed by atoms with Crippen LogP contribution in [0.2, 0.25) is 5.02 Å². The van der Waals surface area contributed by atoms with E-state index in [1.807, 2.05) is 54.7 Å². The van der Waals surface area contributed by atoms with Crippen molar-refractivity contribution in [3.8, 4) is 0 Å². The van der Waals surface area contributed by atoms with E-state index in [1.54, 1.807) is 4.57 Å². The molecule has 3 aromatic rings. The number of benzene rings is 2. The third-order valence-corrected chi connectivity index (χ3v) is 4.09. The lowest BCUT2D eigenvalue weighted by atomic mass is 10.1. The van der Waals surface area contributed by atoms with Gasteiger partial charge in [-0.2, -0.15) is 0 Å². The van der Waals surface area contributed by atoms with Crippen LogP contribution in [0.15, 0.2) is 64.0 Å². The zero-order valence-corrected chi connectivity index (χ0v) is 12.9. The Labute approximate surface area is 129 Å². The Kier molecular flexibility index (Phi) is 3.64. The molecular weight excluding hydrogens is 338 g/mol. The average molecular weight is 349 g/mol. The average Bonchev–Trinajstić information content (AvgIpc) is 2.45. The first-order chi connectivity index (χ1) is 9.65. The Morgan fingerprint density at radius 1 is 1.10 bits per heavy atom. The quantitative estimate of drug-likeness (QED) is 0.670. The minimum absolute atomic E-state index is 0.00193. The Hall–Kier alpha value is -1.58. The van der Waals surface area contributed by atoms with E-state index in [-0.39, 0.29) is 5.56 Å². The van der Waals surface area contributed by atoms with Crippen LogP contribution in [0.25, 0.3) is 10.8 Å². The zero-order valence-electron chi connectivity index (χ0n) is 10.5. The van der Waals surface area contributed by atoms with Gasteiger partial charge in [0.05, 0.1) is 6.54 Å². The first-order valence-corrected chi connectivity index (χ1v) is 7.34. The van der Waals surface area contributed by atoms with Gasteiger partial charge < -0.3 is 4.57 Å². The van der Waals surface area contributed by atoms with Crippen LogP contribution < -0.4 is 5.56 Å². The Morgan fingerprint density at radius 3 is 2.70 bits per heavy atom. The van der Waals surface area contributed by atoms with Gasteiger partial charge in [-0.25, -0.2) is 0 Å². The van der Waals surface area contributed by atoms with Gasteiger partial charge in [-0.15, -0.1) is 0 Å². The van der Waals surface area contributed by atoms with Gasteiger partial charge in [0, 0.05) is 21.1 Å². The summed E-state index contributed by atoms with van der Waals surface area (Å²) in [6, 6.07) is 15.2. The van der Waals surface area contributed by atoms with E-state index >= 15 is 0 Å². The summed E-state index contributed by atoms with van der Waals surface area (Å²) in [5, 5.41) is 2.33. The number of halogens is 2. The summed E-state index contributed by atoms with van der Waals surface area (Å²) in [4.78, 5) is 12.4. The van der Waals surface area contributed by atoms with Crippen molar-refractivity contribution in [1.82, 2.24) is 4.57 Å². The van der Waals surface area contributed by atoms with E-state index < -0.39 is 0 Å². The highest BCUT2D eigenvalue weighted by molar-refractivity contribution is 9.10. The Balaban J connectivity index is 2.07. The molecule has 20 heavy (non-hydrogen) atoms. The molecular formula is C16H11BrClNO. The van der Waals surface area contributed by atoms with Gasteiger partial charge in [-0.3, -0.25) is 4.79 Å². The standard InChI is InChI=1S/C16H11BrClNO/c17-13-6-5-12(15(18)9-13)10-19-8-7-11-3-1-2-4-14(11)16(19)20/h1-9H,10H2. The van der Waals surface area contributed by atoms with Crippen LogP contribution in [-0.4, -0.2) is 4.57 Å². The molecule has 3 rings (SSSR count). The number of fused-ring (bicyclic) bond motifs is 1. The number of aromatic nitrogens is 1.